The first-order valence-corrected chi connectivity index (χ1v) is 10.6. The van der Waals surface area contributed by atoms with Gasteiger partial charge in [0.2, 0.25) is 0 Å². The minimum atomic E-state index is -4.48. The van der Waals surface area contributed by atoms with E-state index in [0.717, 1.165) is 6.07 Å². The summed E-state index contributed by atoms with van der Waals surface area (Å²) in [7, 11) is -3.04. The zero-order valence-electron chi connectivity index (χ0n) is 16.0. The van der Waals surface area contributed by atoms with Crippen molar-refractivity contribution < 1.29 is 21.6 Å². The van der Waals surface area contributed by atoms with E-state index in [4.69, 9.17) is 0 Å². The van der Waals surface area contributed by atoms with Gasteiger partial charge in [0.25, 0.3) is 0 Å². The minimum absolute atomic E-state index is 0. The molecule has 0 spiro atoms. The van der Waals surface area contributed by atoms with Gasteiger partial charge in [-0.3, -0.25) is 4.99 Å². The maximum atomic E-state index is 12.9. The molecular formula is C16H27F3IN5O2S. The highest BCUT2D eigenvalue weighted by Gasteiger charge is 2.33. The number of guanidine groups is 1. The topological polar surface area (TPSA) is 95.5 Å². The maximum absolute atomic E-state index is 12.9. The Hall–Kier alpha value is -1.31. The molecule has 1 heterocycles. The fraction of sp³-hybridized carbons (Fsp3) is 0.625. The molecule has 1 rings (SSSR count). The molecule has 1 aromatic heterocycles. The smallest absolute Gasteiger partial charge is 0.368 e. The Morgan fingerprint density at radius 3 is 2.61 bits per heavy atom. The summed E-state index contributed by atoms with van der Waals surface area (Å²) in [6.07, 6.45) is -1.59. The largest absolute Gasteiger partial charge is 0.419 e. The lowest BCUT2D eigenvalue weighted by atomic mass is 10.2. The van der Waals surface area contributed by atoms with Crippen molar-refractivity contribution in [2.75, 3.05) is 37.0 Å². The lowest BCUT2D eigenvalue weighted by molar-refractivity contribution is -0.137. The first kappa shape index (κ1) is 26.7. The van der Waals surface area contributed by atoms with E-state index in [1.807, 2.05) is 13.8 Å². The third kappa shape index (κ3) is 10.9. The molecule has 162 valence electrons. The highest BCUT2D eigenvalue weighted by molar-refractivity contribution is 14.0. The predicted molar refractivity (Wildman–Crippen MR) is 116 cm³/mol. The van der Waals surface area contributed by atoms with Crippen LogP contribution in [0.2, 0.25) is 0 Å². The van der Waals surface area contributed by atoms with Crippen LogP contribution in [0.15, 0.2) is 23.3 Å². The number of alkyl halides is 3. The van der Waals surface area contributed by atoms with Crippen molar-refractivity contribution >= 4 is 45.6 Å². The van der Waals surface area contributed by atoms with Gasteiger partial charge >= 0.3 is 6.18 Å². The van der Waals surface area contributed by atoms with Gasteiger partial charge in [0.15, 0.2) is 5.96 Å². The van der Waals surface area contributed by atoms with Crippen molar-refractivity contribution in [3.05, 3.63) is 23.9 Å². The Balaban J connectivity index is 0.00000729. The molecule has 0 amide bonds. The Morgan fingerprint density at radius 1 is 1.36 bits per heavy atom. The second-order valence-corrected chi connectivity index (χ2v) is 8.31. The molecule has 0 aliphatic rings. The van der Waals surface area contributed by atoms with Crippen LogP contribution in [0.25, 0.3) is 0 Å². The lowest BCUT2D eigenvalue weighted by Crippen LogP contribution is -2.43. The first-order chi connectivity index (χ1) is 12.5. The van der Waals surface area contributed by atoms with E-state index in [1.165, 1.54) is 18.5 Å². The minimum Gasteiger partial charge on any atom is -0.368 e. The van der Waals surface area contributed by atoms with E-state index in [0.29, 0.717) is 18.9 Å². The number of pyridine rings is 1. The molecular weight excluding hydrogens is 510 g/mol. The average Bonchev–Trinajstić information content (AvgIpc) is 2.56. The van der Waals surface area contributed by atoms with Gasteiger partial charge in [-0.15, -0.1) is 24.0 Å². The van der Waals surface area contributed by atoms with Crippen LogP contribution in [-0.2, 0) is 16.0 Å². The van der Waals surface area contributed by atoms with Gasteiger partial charge in [-0.25, -0.2) is 13.4 Å². The summed E-state index contributed by atoms with van der Waals surface area (Å²) < 4.78 is 61.2. The third-order valence-electron chi connectivity index (χ3n) is 3.44. The standard InChI is InChI=1S/C16H26F3N5O2S.HI/c1-4-20-15(24-12(2)7-11-27(3,25)26)23-10-9-22-14-13(16(17,18)19)6-5-8-21-14;/h5-6,8,12H,4,7,9-11H2,1-3H3,(H,21,22)(H2,20,23,24);1H. The van der Waals surface area contributed by atoms with Gasteiger partial charge in [-0.2, -0.15) is 13.2 Å². The summed E-state index contributed by atoms with van der Waals surface area (Å²) in [6.45, 7) is 4.67. The Labute approximate surface area is 180 Å². The molecule has 0 radical (unpaired) electrons. The van der Waals surface area contributed by atoms with Crippen molar-refractivity contribution in [3.8, 4) is 0 Å². The second-order valence-electron chi connectivity index (χ2n) is 6.05. The normalized spacial score (nSPS) is 13.4. The number of nitrogens with one attached hydrogen (secondary N) is 3. The molecule has 1 unspecified atom stereocenters. The van der Waals surface area contributed by atoms with Crippen LogP contribution in [0.4, 0.5) is 19.0 Å². The summed E-state index contributed by atoms with van der Waals surface area (Å²) in [4.78, 5) is 8.00. The van der Waals surface area contributed by atoms with Gasteiger partial charge in [-0.1, -0.05) is 0 Å². The molecule has 0 bridgehead atoms. The fourth-order valence-corrected chi connectivity index (χ4v) is 2.92. The van der Waals surface area contributed by atoms with Crippen molar-refractivity contribution in [2.45, 2.75) is 32.5 Å². The summed E-state index contributed by atoms with van der Waals surface area (Å²) in [6, 6.07) is 2.07. The quantitative estimate of drug-likeness (QED) is 0.194. The van der Waals surface area contributed by atoms with Gasteiger partial charge in [0.05, 0.1) is 17.9 Å². The number of rotatable bonds is 9. The molecule has 28 heavy (non-hydrogen) atoms. The van der Waals surface area contributed by atoms with E-state index in [-0.39, 0.29) is 54.7 Å². The van der Waals surface area contributed by atoms with Crippen LogP contribution in [0, 0.1) is 0 Å². The highest BCUT2D eigenvalue weighted by atomic mass is 127. The van der Waals surface area contributed by atoms with Crippen molar-refractivity contribution in [1.82, 2.24) is 15.6 Å². The van der Waals surface area contributed by atoms with Crippen LogP contribution in [-0.4, -0.2) is 57.0 Å². The third-order valence-corrected chi connectivity index (χ3v) is 4.41. The van der Waals surface area contributed by atoms with E-state index in [1.54, 1.807) is 0 Å². The summed E-state index contributed by atoms with van der Waals surface area (Å²) in [5, 5.41) is 8.73. The lowest BCUT2D eigenvalue weighted by Gasteiger charge is -2.17. The molecule has 0 fully saturated rings. The van der Waals surface area contributed by atoms with Crippen LogP contribution in [0.3, 0.4) is 0 Å². The van der Waals surface area contributed by atoms with Crippen molar-refractivity contribution in [3.63, 3.8) is 0 Å². The Morgan fingerprint density at radius 2 is 2.04 bits per heavy atom. The number of halogens is 4. The number of aromatic nitrogens is 1. The number of sulfone groups is 1. The maximum Gasteiger partial charge on any atom is 0.419 e. The average molecular weight is 537 g/mol. The number of anilines is 1. The molecule has 7 nitrogen and oxygen atoms in total. The van der Waals surface area contributed by atoms with Crippen LogP contribution >= 0.6 is 24.0 Å². The van der Waals surface area contributed by atoms with Crippen molar-refractivity contribution in [1.29, 1.82) is 0 Å². The summed E-state index contributed by atoms with van der Waals surface area (Å²) in [5.41, 5.74) is -0.826. The number of aliphatic imine (C=N–C) groups is 1. The van der Waals surface area contributed by atoms with Gasteiger partial charge in [0.1, 0.15) is 15.7 Å². The number of hydrogen-bond acceptors (Lipinski definition) is 5. The zero-order valence-corrected chi connectivity index (χ0v) is 19.2. The fourth-order valence-electron chi connectivity index (χ4n) is 2.13. The number of nitrogens with zero attached hydrogens (tertiary/aromatic N) is 2. The molecule has 0 aliphatic carbocycles. The summed E-state index contributed by atoms with van der Waals surface area (Å²) in [5.74, 6) is 0.291. The first-order valence-electron chi connectivity index (χ1n) is 8.51. The molecule has 3 N–H and O–H groups in total. The molecule has 12 heteroatoms. The highest BCUT2D eigenvalue weighted by Crippen LogP contribution is 2.33. The van der Waals surface area contributed by atoms with E-state index >= 15 is 0 Å². The van der Waals surface area contributed by atoms with E-state index in [2.05, 4.69) is 25.9 Å². The van der Waals surface area contributed by atoms with Crippen molar-refractivity contribution in [2.24, 2.45) is 4.99 Å². The summed E-state index contributed by atoms with van der Waals surface area (Å²) >= 11 is 0. The monoisotopic (exact) mass is 537 g/mol. The van der Waals surface area contributed by atoms with Gasteiger partial charge in [0, 0.05) is 31.6 Å². The SMILES string of the molecule is CCNC(=NCCNc1ncccc1C(F)(F)F)NC(C)CCS(C)(=O)=O.I. The van der Waals surface area contributed by atoms with Crippen LogP contribution in [0.1, 0.15) is 25.8 Å². The van der Waals surface area contributed by atoms with Gasteiger partial charge < -0.3 is 16.0 Å². The van der Waals surface area contributed by atoms with Gasteiger partial charge in [-0.05, 0) is 32.4 Å². The second kappa shape index (κ2) is 12.3. The molecule has 0 saturated carbocycles. The zero-order chi connectivity index (χ0) is 20.5. The number of hydrogen-bond donors (Lipinski definition) is 3. The molecule has 1 atom stereocenters. The van der Waals surface area contributed by atoms with E-state index in [9.17, 15) is 21.6 Å². The molecule has 0 saturated heterocycles. The molecule has 0 aliphatic heterocycles. The predicted octanol–water partition coefficient (Wildman–Crippen LogP) is 2.51. The molecule has 0 aromatic carbocycles. The van der Waals surface area contributed by atoms with Crippen LogP contribution < -0.4 is 16.0 Å². The molecule has 1 aromatic rings. The van der Waals surface area contributed by atoms with E-state index < -0.39 is 21.6 Å². The van der Waals surface area contributed by atoms with Crippen LogP contribution in [0.5, 0.6) is 0 Å². The Bertz CT molecular complexity index is 729. The Kier molecular flexibility index (Phi) is 11.7.